The number of rotatable bonds is 12. The Hall–Kier alpha value is -2.26. The number of hydrogen-bond acceptors (Lipinski definition) is 8. The molecule has 1 aromatic carbocycles. The van der Waals surface area contributed by atoms with Gasteiger partial charge in [-0.2, -0.15) is 0 Å². The third-order valence-corrected chi connectivity index (χ3v) is 7.55. The van der Waals surface area contributed by atoms with Crippen molar-refractivity contribution in [3.05, 3.63) is 35.4 Å². The predicted molar refractivity (Wildman–Crippen MR) is 156 cm³/mol. The quantitative estimate of drug-likeness (QED) is 0.208. The highest BCUT2D eigenvalue weighted by Gasteiger charge is 2.43. The minimum atomic E-state index is -0.920. The number of carbonyl (C=O) groups excluding carboxylic acids is 3. The van der Waals surface area contributed by atoms with Crippen LogP contribution in [0.2, 0.25) is 0 Å². The molecule has 1 atom stereocenters. The fourth-order valence-electron chi connectivity index (χ4n) is 5.14. The monoisotopic (exact) mass is 579 g/mol. The van der Waals surface area contributed by atoms with Crippen molar-refractivity contribution in [3.63, 3.8) is 0 Å². The molecule has 0 saturated carbocycles. The van der Waals surface area contributed by atoms with Crippen LogP contribution in [0.25, 0.3) is 0 Å². The summed E-state index contributed by atoms with van der Waals surface area (Å²) in [6.45, 7) is 12.4. The second kappa shape index (κ2) is 14.4. The molecule has 0 spiro atoms. The largest absolute Gasteiger partial charge is 0.427 e. The molecule has 1 aliphatic carbocycles. The molecule has 0 N–H and O–H groups in total. The van der Waals surface area contributed by atoms with Crippen LogP contribution in [0.3, 0.4) is 0 Å². The van der Waals surface area contributed by atoms with Gasteiger partial charge in [-0.15, -0.1) is 23.2 Å². The molecule has 0 radical (unpaired) electrons. The maximum Gasteiger partial charge on any atom is 0.312 e. The van der Waals surface area contributed by atoms with Crippen LogP contribution in [0, 0.1) is 11.3 Å². The van der Waals surface area contributed by atoms with E-state index in [2.05, 4.69) is 14.8 Å². The van der Waals surface area contributed by atoms with Crippen LogP contribution in [0.1, 0.15) is 34.1 Å². The Kier molecular flexibility index (Phi) is 11.5. The van der Waals surface area contributed by atoms with Gasteiger partial charge in [0.1, 0.15) is 5.75 Å². The predicted octanol–water partition coefficient (Wildman–Crippen LogP) is 4.17. The van der Waals surface area contributed by atoms with Crippen molar-refractivity contribution >= 4 is 52.1 Å². The van der Waals surface area contributed by atoms with Gasteiger partial charge in [0.05, 0.1) is 37.8 Å². The number of ketones is 2. The normalized spacial score (nSPS) is 20.1. The Labute approximate surface area is 241 Å². The Bertz CT molecular complexity index is 1090. The van der Waals surface area contributed by atoms with Crippen molar-refractivity contribution in [1.82, 2.24) is 4.90 Å². The van der Waals surface area contributed by atoms with Crippen LogP contribution in [-0.2, 0) is 19.1 Å². The first-order valence-corrected chi connectivity index (χ1v) is 14.5. The first-order chi connectivity index (χ1) is 18.6. The Morgan fingerprint density at radius 1 is 1.13 bits per heavy atom. The van der Waals surface area contributed by atoms with Gasteiger partial charge in [0.15, 0.2) is 5.78 Å². The van der Waals surface area contributed by atoms with Crippen LogP contribution in [0.5, 0.6) is 5.75 Å². The molecule has 1 heterocycles. The van der Waals surface area contributed by atoms with Gasteiger partial charge in [-0.25, -0.2) is 0 Å². The van der Waals surface area contributed by atoms with E-state index >= 15 is 0 Å². The van der Waals surface area contributed by atoms with Gasteiger partial charge in [0.25, 0.3) is 0 Å². The van der Waals surface area contributed by atoms with Gasteiger partial charge in [-0.3, -0.25) is 24.3 Å². The molecule has 1 saturated heterocycles. The second-order valence-electron chi connectivity index (χ2n) is 10.5. The zero-order chi connectivity index (χ0) is 28.6. The zero-order valence-electron chi connectivity index (χ0n) is 23.3. The van der Waals surface area contributed by atoms with Crippen molar-refractivity contribution < 1.29 is 23.9 Å². The highest BCUT2D eigenvalue weighted by molar-refractivity contribution is 6.53. The maximum atomic E-state index is 13.6. The van der Waals surface area contributed by atoms with E-state index in [-0.39, 0.29) is 23.7 Å². The number of aliphatic imine (C=N–C) groups is 1. The van der Waals surface area contributed by atoms with E-state index in [1.807, 2.05) is 12.1 Å². The minimum absolute atomic E-state index is 0.0689. The van der Waals surface area contributed by atoms with E-state index in [4.69, 9.17) is 32.7 Å². The van der Waals surface area contributed by atoms with E-state index in [1.165, 1.54) is 0 Å². The average Bonchev–Trinajstić information content (AvgIpc) is 2.90. The van der Waals surface area contributed by atoms with Crippen LogP contribution in [-0.4, -0.2) is 92.4 Å². The van der Waals surface area contributed by atoms with E-state index in [1.54, 1.807) is 39.8 Å². The second-order valence-corrected chi connectivity index (χ2v) is 11.3. The van der Waals surface area contributed by atoms with E-state index in [0.717, 1.165) is 18.8 Å². The fraction of sp³-hybridized carbons (Fsp3) is 0.586. The van der Waals surface area contributed by atoms with Gasteiger partial charge in [0.2, 0.25) is 5.78 Å². The van der Waals surface area contributed by atoms with Gasteiger partial charge in [0, 0.05) is 66.7 Å². The Balaban J connectivity index is 1.69. The molecule has 1 aromatic rings. The van der Waals surface area contributed by atoms with Crippen molar-refractivity contribution in [1.29, 1.82) is 0 Å². The van der Waals surface area contributed by atoms with Crippen molar-refractivity contribution in [3.8, 4) is 5.75 Å². The number of hydrogen-bond donors (Lipinski definition) is 0. The van der Waals surface area contributed by atoms with Gasteiger partial charge in [-0.1, -0.05) is 13.8 Å². The van der Waals surface area contributed by atoms with Crippen LogP contribution >= 0.6 is 23.2 Å². The summed E-state index contributed by atoms with van der Waals surface area (Å²) >= 11 is 11.8. The molecule has 1 unspecified atom stereocenters. The first kappa shape index (κ1) is 31.3. The Morgan fingerprint density at radius 2 is 1.74 bits per heavy atom. The lowest BCUT2D eigenvalue weighted by molar-refractivity contribution is -0.136. The lowest BCUT2D eigenvalue weighted by Crippen LogP contribution is -2.42. The number of esters is 1. The lowest BCUT2D eigenvalue weighted by Gasteiger charge is -2.33. The number of Topliss-reactive ketones (excluding diaryl/α,β-unsaturated/α-hetero) is 2. The van der Waals surface area contributed by atoms with E-state index in [9.17, 15) is 14.4 Å². The topological polar surface area (TPSA) is 88.5 Å². The summed E-state index contributed by atoms with van der Waals surface area (Å²) in [5.74, 6) is -0.156. The minimum Gasteiger partial charge on any atom is -0.427 e. The van der Waals surface area contributed by atoms with Crippen molar-refractivity contribution in [2.45, 2.75) is 34.1 Å². The number of carbonyl (C=O) groups is 3. The van der Waals surface area contributed by atoms with Gasteiger partial charge >= 0.3 is 5.97 Å². The van der Waals surface area contributed by atoms with E-state index in [0.29, 0.717) is 68.0 Å². The highest BCUT2D eigenvalue weighted by Crippen LogP contribution is 2.38. The number of alkyl halides is 2. The molecule has 3 rings (SSSR count). The highest BCUT2D eigenvalue weighted by atomic mass is 35.5. The number of anilines is 1. The van der Waals surface area contributed by atoms with Crippen molar-refractivity contribution in [2.75, 3.05) is 69.1 Å². The summed E-state index contributed by atoms with van der Waals surface area (Å²) in [5.41, 5.74) is 1.000. The van der Waals surface area contributed by atoms with Crippen LogP contribution in [0.15, 0.2) is 40.4 Å². The molecular formula is C29H39Cl2N3O5. The molecular weight excluding hydrogens is 541 g/mol. The number of morpholine rings is 1. The third-order valence-electron chi connectivity index (χ3n) is 7.22. The third kappa shape index (κ3) is 8.13. The average molecular weight is 581 g/mol. The van der Waals surface area contributed by atoms with Crippen LogP contribution in [0.4, 0.5) is 5.69 Å². The summed E-state index contributed by atoms with van der Waals surface area (Å²) in [5, 5.41) is 0. The molecule has 214 valence electrons. The SMILES string of the molecule is CC1=C(C(C)(C)CC(=O)Oc2ccc(N(CCCl)CCCl)cc2)C(=O)C(=NCCN2CCOCC2)C(C)C1=O. The van der Waals surface area contributed by atoms with Gasteiger partial charge < -0.3 is 14.4 Å². The Morgan fingerprint density at radius 3 is 2.33 bits per heavy atom. The summed E-state index contributed by atoms with van der Waals surface area (Å²) in [4.78, 5) is 48.5. The number of nitrogens with zero attached hydrogens (tertiary/aromatic N) is 3. The number of ether oxygens (including phenoxy) is 2. The number of allylic oxidation sites excluding steroid dienone is 2. The van der Waals surface area contributed by atoms with Crippen LogP contribution < -0.4 is 9.64 Å². The summed E-state index contributed by atoms with van der Waals surface area (Å²) in [6.07, 6.45) is -0.0689. The fourth-order valence-corrected chi connectivity index (χ4v) is 5.55. The smallest absolute Gasteiger partial charge is 0.312 e. The first-order valence-electron chi connectivity index (χ1n) is 13.4. The molecule has 8 nitrogen and oxygen atoms in total. The van der Waals surface area contributed by atoms with Gasteiger partial charge in [-0.05, 0) is 38.1 Å². The molecule has 0 aromatic heterocycles. The van der Waals surface area contributed by atoms with Crippen molar-refractivity contribution in [2.24, 2.45) is 16.3 Å². The molecule has 2 aliphatic rings. The zero-order valence-corrected chi connectivity index (χ0v) is 24.8. The number of halogens is 2. The standard InChI is InChI=1S/C29H39Cl2N3O5/c1-20-25(28(37)26(21(2)27(20)36)32-11-14-33-15-17-38-18-16-33)29(3,4)19-24(35)39-23-7-5-22(6-8-23)34(12-9-30)13-10-31/h5-8,21H,9-19H2,1-4H3. The molecule has 1 aliphatic heterocycles. The van der Waals surface area contributed by atoms with E-state index < -0.39 is 17.3 Å². The molecule has 0 amide bonds. The summed E-state index contributed by atoms with van der Waals surface area (Å²) in [7, 11) is 0. The molecule has 10 heteroatoms. The lowest BCUT2D eigenvalue weighted by atomic mass is 9.69. The molecule has 0 bridgehead atoms. The summed E-state index contributed by atoms with van der Waals surface area (Å²) < 4.78 is 11.0. The maximum absolute atomic E-state index is 13.6. The molecule has 1 fully saturated rings. The molecule has 39 heavy (non-hydrogen) atoms. The number of benzene rings is 1. The summed E-state index contributed by atoms with van der Waals surface area (Å²) in [6, 6.07) is 7.14.